The highest BCUT2D eigenvalue weighted by Crippen LogP contribution is 2.15. The summed E-state index contributed by atoms with van der Waals surface area (Å²) in [5, 5.41) is 10.8. The van der Waals surface area contributed by atoms with Gasteiger partial charge in [-0.25, -0.2) is 13.6 Å². The van der Waals surface area contributed by atoms with Crippen molar-refractivity contribution in [1.82, 2.24) is 5.32 Å². The van der Waals surface area contributed by atoms with Crippen molar-refractivity contribution in [3.8, 4) is 0 Å². The van der Waals surface area contributed by atoms with E-state index in [1.165, 1.54) is 0 Å². The number of ketones is 1. The molecule has 0 radical (unpaired) electrons. The molecule has 0 saturated heterocycles. The average Bonchev–Trinajstić information content (AvgIpc) is 2.27. The zero-order chi connectivity index (χ0) is 14.6. The fourth-order valence-corrected chi connectivity index (χ4v) is 1.50. The number of carbonyl (C=O) groups is 3. The van der Waals surface area contributed by atoms with Crippen LogP contribution in [0.3, 0.4) is 0 Å². The number of halogens is 2. The van der Waals surface area contributed by atoms with Crippen LogP contribution in [0.2, 0.25) is 0 Å². The summed E-state index contributed by atoms with van der Waals surface area (Å²) in [7, 11) is 0. The van der Waals surface area contributed by atoms with Crippen molar-refractivity contribution in [2.24, 2.45) is 0 Å². The zero-order valence-electron chi connectivity index (χ0n) is 9.94. The van der Waals surface area contributed by atoms with Gasteiger partial charge < -0.3 is 10.4 Å². The Labute approximate surface area is 107 Å². The van der Waals surface area contributed by atoms with E-state index in [1.54, 1.807) is 0 Å². The van der Waals surface area contributed by atoms with E-state index in [9.17, 15) is 23.2 Å². The van der Waals surface area contributed by atoms with Gasteiger partial charge in [-0.1, -0.05) is 6.07 Å². The summed E-state index contributed by atoms with van der Waals surface area (Å²) >= 11 is 0. The summed E-state index contributed by atoms with van der Waals surface area (Å²) in [5.41, 5.74) is -0.806. The van der Waals surface area contributed by atoms with Gasteiger partial charge in [0.15, 0.2) is 5.78 Å². The second-order valence-electron chi connectivity index (χ2n) is 3.82. The molecule has 2 N–H and O–H groups in total. The number of benzene rings is 1. The molecule has 1 aromatic carbocycles. The van der Waals surface area contributed by atoms with E-state index in [0.717, 1.165) is 25.1 Å². The Morgan fingerprint density at radius 1 is 1.26 bits per heavy atom. The molecule has 1 atom stereocenters. The summed E-state index contributed by atoms with van der Waals surface area (Å²) in [4.78, 5) is 33.3. The number of hydrogen-bond donors (Lipinski definition) is 2. The second-order valence-corrected chi connectivity index (χ2v) is 3.82. The molecule has 0 aromatic heterocycles. The first kappa shape index (κ1) is 14.7. The number of rotatable bonds is 5. The zero-order valence-corrected chi connectivity index (χ0v) is 9.94. The van der Waals surface area contributed by atoms with Crippen LogP contribution in [0.15, 0.2) is 18.2 Å². The van der Waals surface area contributed by atoms with Crippen molar-refractivity contribution in [2.75, 3.05) is 0 Å². The maximum absolute atomic E-state index is 13.3. The number of amides is 1. The monoisotopic (exact) mass is 271 g/mol. The van der Waals surface area contributed by atoms with Gasteiger partial charge in [0.25, 0.3) is 0 Å². The fraction of sp³-hybridized carbons (Fsp3) is 0.250. The average molecular weight is 271 g/mol. The van der Waals surface area contributed by atoms with E-state index in [2.05, 4.69) is 0 Å². The maximum Gasteiger partial charge on any atom is 0.326 e. The topological polar surface area (TPSA) is 83.5 Å². The van der Waals surface area contributed by atoms with Crippen LogP contribution in [-0.4, -0.2) is 28.8 Å². The van der Waals surface area contributed by atoms with Gasteiger partial charge in [0.2, 0.25) is 5.91 Å². The van der Waals surface area contributed by atoms with Crippen LogP contribution < -0.4 is 5.32 Å². The SMILES string of the molecule is CC(=O)NC(CC(=O)c1c(F)cccc1F)C(=O)O. The van der Waals surface area contributed by atoms with Crippen LogP contribution in [0.5, 0.6) is 0 Å². The standard InChI is InChI=1S/C12H11F2NO4/c1-6(16)15-9(12(18)19)5-10(17)11-7(13)3-2-4-8(11)14/h2-4,9H,5H2,1H3,(H,15,16)(H,18,19). The van der Waals surface area contributed by atoms with Crippen LogP contribution in [0, 0.1) is 11.6 Å². The predicted molar refractivity (Wildman–Crippen MR) is 60.5 cm³/mol. The molecule has 0 aliphatic carbocycles. The minimum atomic E-state index is -1.52. The van der Waals surface area contributed by atoms with Crippen molar-refractivity contribution in [1.29, 1.82) is 0 Å². The van der Waals surface area contributed by atoms with Crippen molar-refractivity contribution in [2.45, 2.75) is 19.4 Å². The number of aliphatic carboxylic acids is 1. The fourth-order valence-electron chi connectivity index (χ4n) is 1.50. The number of hydrogen-bond acceptors (Lipinski definition) is 3. The van der Waals surface area contributed by atoms with Gasteiger partial charge in [0.05, 0.1) is 5.56 Å². The Bertz CT molecular complexity index is 510. The minimum absolute atomic E-state index is 0.658. The molecule has 1 rings (SSSR count). The Hall–Kier alpha value is -2.31. The van der Waals surface area contributed by atoms with Gasteiger partial charge in [-0.15, -0.1) is 0 Å². The number of carbonyl (C=O) groups excluding carboxylic acids is 2. The molecule has 19 heavy (non-hydrogen) atoms. The molecule has 102 valence electrons. The Balaban J connectivity index is 2.94. The van der Waals surface area contributed by atoms with Crippen LogP contribution in [0.1, 0.15) is 23.7 Å². The summed E-state index contributed by atoms with van der Waals surface area (Å²) in [6.07, 6.45) is -0.729. The Kier molecular flexibility index (Phi) is 4.68. The third-order valence-electron chi connectivity index (χ3n) is 2.31. The van der Waals surface area contributed by atoms with Crippen molar-refractivity contribution < 1.29 is 28.3 Å². The van der Waals surface area contributed by atoms with Gasteiger partial charge in [-0.2, -0.15) is 0 Å². The lowest BCUT2D eigenvalue weighted by Crippen LogP contribution is -2.41. The lowest BCUT2D eigenvalue weighted by atomic mass is 10.0. The third kappa shape index (κ3) is 3.84. The van der Waals surface area contributed by atoms with Crippen LogP contribution in [0.4, 0.5) is 8.78 Å². The van der Waals surface area contributed by atoms with Gasteiger partial charge >= 0.3 is 5.97 Å². The highest BCUT2D eigenvalue weighted by molar-refractivity contribution is 5.99. The molecule has 0 spiro atoms. The van der Waals surface area contributed by atoms with Crippen molar-refractivity contribution in [3.63, 3.8) is 0 Å². The summed E-state index contributed by atoms with van der Waals surface area (Å²) in [6, 6.07) is 1.35. The van der Waals surface area contributed by atoms with Crippen molar-refractivity contribution >= 4 is 17.7 Å². The molecule has 0 saturated carbocycles. The van der Waals surface area contributed by atoms with E-state index >= 15 is 0 Å². The van der Waals surface area contributed by atoms with E-state index in [4.69, 9.17) is 5.11 Å². The first-order chi connectivity index (χ1) is 8.82. The quantitative estimate of drug-likeness (QED) is 0.786. The van der Waals surface area contributed by atoms with Crippen molar-refractivity contribution in [3.05, 3.63) is 35.4 Å². The molecule has 7 heteroatoms. The highest BCUT2D eigenvalue weighted by Gasteiger charge is 2.26. The lowest BCUT2D eigenvalue weighted by Gasteiger charge is -2.12. The van der Waals surface area contributed by atoms with Gasteiger partial charge in [-0.3, -0.25) is 9.59 Å². The van der Waals surface area contributed by atoms with E-state index in [0.29, 0.717) is 0 Å². The smallest absolute Gasteiger partial charge is 0.326 e. The summed E-state index contributed by atoms with van der Waals surface area (Å²) in [6.45, 7) is 1.07. The molecule has 1 amide bonds. The van der Waals surface area contributed by atoms with E-state index < -0.39 is 47.3 Å². The lowest BCUT2D eigenvalue weighted by molar-refractivity contribution is -0.141. The number of nitrogens with one attached hydrogen (secondary N) is 1. The van der Waals surface area contributed by atoms with Gasteiger partial charge in [0.1, 0.15) is 17.7 Å². The van der Waals surface area contributed by atoms with E-state index in [1.807, 2.05) is 5.32 Å². The number of carboxylic acid groups (broad SMARTS) is 1. The molecular weight excluding hydrogens is 260 g/mol. The number of carboxylic acids is 1. The molecule has 5 nitrogen and oxygen atoms in total. The Morgan fingerprint density at radius 3 is 2.21 bits per heavy atom. The molecular formula is C12H11F2NO4. The summed E-state index contributed by atoms with van der Waals surface area (Å²) in [5.74, 6) is -5.29. The van der Waals surface area contributed by atoms with Crippen LogP contribution >= 0.6 is 0 Å². The summed E-state index contributed by atoms with van der Waals surface area (Å²) < 4.78 is 26.6. The molecule has 0 aliphatic rings. The normalized spacial score (nSPS) is 11.7. The molecule has 1 unspecified atom stereocenters. The third-order valence-corrected chi connectivity index (χ3v) is 2.31. The van der Waals surface area contributed by atoms with E-state index in [-0.39, 0.29) is 0 Å². The molecule has 0 heterocycles. The maximum atomic E-state index is 13.3. The molecule has 1 aromatic rings. The minimum Gasteiger partial charge on any atom is -0.480 e. The first-order valence-corrected chi connectivity index (χ1v) is 5.30. The van der Waals surface area contributed by atoms with Gasteiger partial charge in [-0.05, 0) is 12.1 Å². The molecule has 0 fully saturated rings. The predicted octanol–water partition coefficient (Wildman–Crippen LogP) is 1.13. The molecule has 0 bridgehead atoms. The second kappa shape index (κ2) is 6.03. The van der Waals surface area contributed by atoms with Crippen LogP contribution in [0.25, 0.3) is 0 Å². The molecule has 0 aliphatic heterocycles. The number of Topliss-reactive ketones (excluding diaryl/α,β-unsaturated/α-hetero) is 1. The Morgan fingerprint density at radius 2 is 1.79 bits per heavy atom. The van der Waals surface area contributed by atoms with Crippen LogP contribution in [-0.2, 0) is 9.59 Å². The first-order valence-electron chi connectivity index (χ1n) is 5.30. The van der Waals surface area contributed by atoms with Gasteiger partial charge in [0, 0.05) is 13.3 Å². The largest absolute Gasteiger partial charge is 0.480 e. The highest BCUT2D eigenvalue weighted by atomic mass is 19.1.